The van der Waals surface area contributed by atoms with E-state index in [1.807, 2.05) is 30.0 Å². The molecule has 3 amide bonds. The molecule has 1 heterocycles. The van der Waals surface area contributed by atoms with Gasteiger partial charge in [-0.1, -0.05) is 22.0 Å². The third-order valence-electron chi connectivity index (χ3n) is 3.80. The molecular weight excluding hydrogens is 334 g/mol. The summed E-state index contributed by atoms with van der Waals surface area (Å²) >= 11 is 3.41. The van der Waals surface area contributed by atoms with E-state index >= 15 is 0 Å². The standard InChI is InChI=1S/C15H20BrN3O2/c1-10-4-5-12(16)7-13(10)14(20)19-6-2-3-11(9-19)8-18-15(17)21/h4-5,7,11H,2-3,6,8-9H2,1H3,(H3,17,18,21). The van der Waals surface area contributed by atoms with Crippen molar-refractivity contribution in [3.05, 3.63) is 33.8 Å². The molecule has 1 aliphatic heterocycles. The molecule has 21 heavy (non-hydrogen) atoms. The second-order valence-corrected chi connectivity index (χ2v) is 6.38. The molecule has 6 heteroatoms. The van der Waals surface area contributed by atoms with Crippen molar-refractivity contribution >= 4 is 27.9 Å². The van der Waals surface area contributed by atoms with Gasteiger partial charge in [-0.3, -0.25) is 4.79 Å². The summed E-state index contributed by atoms with van der Waals surface area (Å²) in [5, 5.41) is 2.63. The molecule has 0 bridgehead atoms. The number of nitrogens with one attached hydrogen (secondary N) is 1. The number of halogens is 1. The monoisotopic (exact) mass is 353 g/mol. The van der Waals surface area contributed by atoms with E-state index in [9.17, 15) is 9.59 Å². The van der Waals surface area contributed by atoms with Crippen LogP contribution in [0.3, 0.4) is 0 Å². The first-order chi connectivity index (χ1) is 9.97. The highest BCUT2D eigenvalue weighted by atomic mass is 79.9. The Hall–Kier alpha value is -1.56. The van der Waals surface area contributed by atoms with Gasteiger partial charge in [0.05, 0.1) is 0 Å². The van der Waals surface area contributed by atoms with Crippen LogP contribution in [0, 0.1) is 12.8 Å². The van der Waals surface area contributed by atoms with Crippen molar-refractivity contribution in [2.24, 2.45) is 11.7 Å². The van der Waals surface area contributed by atoms with Crippen molar-refractivity contribution in [2.75, 3.05) is 19.6 Å². The molecule has 0 aromatic heterocycles. The zero-order valence-electron chi connectivity index (χ0n) is 12.1. The van der Waals surface area contributed by atoms with Crippen LogP contribution in [-0.2, 0) is 0 Å². The van der Waals surface area contributed by atoms with E-state index in [1.54, 1.807) is 0 Å². The Bertz CT molecular complexity index is 548. The van der Waals surface area contributed by atoms with Gasteiger partial charge < -0.3 is 16.0 Å². The molecule has 0 saturated carbocycles. The van der Waals surface area contributed by atoms with Gasteiger partial charge in [0.1, 0.15) is 0 Å². The number of nitrogens with zero attached hydrogens (tertiary/aromatic N) is 1. The lowest BCUT2D eigenvalue weighted by Gasteiger charge is -2.33. The van der Waals surface area contributed by atoms with E-state index in [-0.39, 0.29) is 11.8 Å². The Morgan fingerprint density at radius 3 is 2.95 bits per heavy atom. The van der Waals surface area contributed by atoms with Crippen LogP contribution >= 0.6 is 15.9 Å². The Morgan fingerprint density at radius 2 is 2.24 bits per heavy atom. The summed E-state index contributed by atoms with van der Waals surface area (Å²) in [6.45, 7) is 3.88. The summed E-state index contributed by atoms with van der Waals surface area (Å²) in [4.78, 5) is 25.3. The fourth-order valence-corrected chi connectivity index (χ4v) is 3.02. The molecule has 5 nitrogen and oxygen atoms in total. The van der Waals surface area contributed by atoms with E-state index in [0.29, 0.717) is 13.1 Å². The van der Waals surface area contributed by atoms with Gasteiger partial charge in [0.25, 0.3) is 5.91 Å². The number of hydrogen-bond donors (Lipinski definition) is 2. The van der Waals surface area contributed by atoms with Gasteiger partial charge >= 0.3 is 6.03 Å². The zero-order chi connectivity index (χ0) is 15.4. The number of carbonyl (C=O) groups is 2. The van der Waals surface area contributed by atoms with Crippen LogP contribution in [0.2, 0.25) is 0 Å². The number of rotatable bonds is 3. The Balaban J connectivity index is 2.05. The molecule has 1 aromatic carbocycles. The molecule has 1 saturated heterocycles. The number of aryl methyl sites for hydroxylation is 1. The van der Waals surface area contributed by atoms with Gasteiger partial charge in [0, 0.05) is 29.7 Å². The lowest BCUT2D eigenvalue weighted by molar-refractivity contribution is 0.0674. The van der Waals surface area contributed by atoms with Crippen molar-refractivity contribution in [3.63, 3.8) is 0 Å². The van der Waals surface area contributed by atoms with Gasteiger partial charge in [0.15, 0.2) is 0 Å². The number of likely N-dealkylation sites (tertiary alicyclic amines) is 1. The Labute approximate surface area is 133 Å². The Morgan fingerprint density at radius 1 is 1.48 bits per heavy atom. The SMILES string of the molecule is Cc1ccc(Br)cc1C(=O)N1CCCC(CNC(N)=O)C1. The van der Waals surface area contributed by atoms with E-state index < -0.39 is 6.03 Å². The van der Waals surface area contributed by atoms with E-state index in [4.69, 9.17) is 5.73 Å². The second-order valence-electron chi connectivity index (χ2n) is 5.46. The minimum atomic E-state index is -0.513. The highest BCUT2D eigenvalue weighted by Gasteiger charge is 2.25. The van der Waals surface area contributed by atoms with Crippen molar-refractivity contribution < 1.29 is 9.59 Å². The lowest BCUT2D eigenvalue weighted by atomic mass is 9.96. The Kier molecular flexibility index (Phi) is 5.22. The van der Waals surface area contributed by atoms with Crippen LogP contribution < -0.4 is 11.1 Å². The van der Waals surface area contributed by atoms with Crippen LogP contribution in [0.4, 0.5) is 4.79 Å². The van der Waals surface area contributed by atoms with E-state index in [0.717, 1.165) is 35.0 Å². The number of benzene rings is 1. The second kappa shape index (κ2) is 6.93. The summed E-state index contributed by atoms with van der Waals surface area (Å²) in [5.41, 5.74) is 6.80. The highest BCUT2D eigenvalue weighted by molar-refractivity contribution is 9.10. The number of primary amides is 1. The van der Waals surface area contributed by atoms with Crippen molar-refractivity contribution in [3.8, 4) is 0 Å². The zero-order valence-corrected chi connectivity index (χ0v) is 13.6. The van der Waals surface area contributed by atoms with Crippen LogP contribution in [0.25, 0.3) is 0 Å². The molecule has 1 unspecified atom stereocenters. The summed E-state index contributed by atoms with van der Waals surface area (Å²) in [6, 6.07) is 5.22. The van der Waals surface area contributed by atoms with Crippen LogP contribution in [0.15, 0.2) is 22.7 Å². The van der Waals surface area contributed by atoms with Gasteiger partial charge in [-0.25, -0.2) is 4.79 Å². The average Bonchev–Trinajstić information content (AvgIpc) is 2.47. The maximum Gasteiger partial charge on any atom is 0.312 e. The van der Waals surface area contributed by atoms with Crippen molar-refractivity contribution in [2.45, 2.75) is 19.8 Å². The molecule has 1 aromatic rings. The van der Waals surface area contributed by atoms with Crippen LogP contribution in [-0.4, -0.2) is 36.5 Å². The lowest BCUT2D eigenvalue weighted by Crippen LogP contribution is -2.44. The molecule has 2 rings (SSSR count). The predicted octanol–water partition coefficient (Wildman–Crippen LogP) is 2.28. The topological polar surface area (TPSA) is 75.4 Å². The number of hydrogen-bond acceptors (Lipinski definition) is 2. The van der Waals surface area contributed by atoms with E-state index in [1.165, 1.54) is 0 Å². The van der Waals surface area contributed by atoms with Gasteiger partial charge in [-0.15, -0.1) is 0 Å². The normalized spacial score (nSPS) is 18.4. The fraction of sp³-hybridized carbons (Fsp3) is 0.467. The largest absolute Gasteiger partial charge is 0.352 e. The number of carbonyl (C=O) groups excluding carboxylic acids is 2. The fourth-order valence-electron chi connectivity index (χ4n) is 2.66. The van der Waals surface area contributed by atoms with Gasteiger partial charge in [-0.2, -0.15) is 0 Å². The maximum absolute atomic E-state index is 12.6. The summed E-state index contributed by atoms with van der Waals surface area (Å²) in [5.74, 6) is 0.320. The third kappa shape index (κ3) is 4.20. The predicted molar refractivity (Wildman–Crippen MR) is 85.1 cm³/mol. The highest BCUT2D eigenvalue weighted by Crippen LogP contribution is 2.22. The van der Waals surface area contributed by atoms with Gasteiger partial charge in [0.2, 0.25) is 0 Å². The average molecular weight is 354 g/mol. The van der Waals surface area contributed by atoms with Crippen molar-refractivity contribution in [1.82, 2.24) is 10.2 Å². The van der Waals surface area contributed by atoms with Crippen molar-refractivity contribution in [1.29, 1.82) is 0 Å². The molecule has 0 spiro atoms. The third-order valence-corrected chi connectivity index (χ3v) is 4.29. The molecule has 1 fully saturated rings. The summed E-state index contributed by atoms with van der Waals surface area (Å²) in [7, 11) is 0. The number of nitrogens with two attached hydrogens (primary N) is 1. The molecule has 1 atom stereocenters. The molecule has 0 radical (unpaired) electrons. The molecule has 0 aliphatic carbocycles. The molecular formula is C15H20BrN3O2. The maximum atomic E-state index is 12.6. The van der Waals surface area contributed by atoms with Gasteiger partial charge in [-0.05, 0) is 43.4 Å². The van der Waals surface area contributed by atoms with Crippen LogP contribution in [0.5, 0.6) is 0 Å². The minimum absolute atomic E-state index is 0.0533. The molecule has 1 aliphatic rings. The molecule has 114 valence electrons. The minimum Gasteiger partial charge on any atom is -0.352 e. The molecule has 3 N–H and O–H groups in total. The first-order valence-electron chi connectivity index (χ1n) is 7.06. The smallest absolute Gasteiger partial charge is 0.312 e. The van der Waals surface area contributed by atoms with Crippen LogP contribution in [0.1, 0.15) is 28.8 Å². The first kappa shape index (κ1) is 15.8. The number of urea groups is 1. The number of amides is 3. The summed E-state index contributed by atoms with van der Waals surface area (Å²) < 4.78 is 0.903. The summed E-state index contributed by atoms with van der Waals surface area (Å²) in [6.07, 6.45) is 1.95. The quantitative estimate of drug-likeness (QED) is 0.874. The van der Waals surface area contributed by atoms with E-state index in [2.05, 4.69) is 21.2 Å². The first-order valence-corrected chi connectivity index (χ1v) is 7.85. The number of piperidine rings is 1.